The van der Waals surface area contributed by atoms with E-state index in [1.807, 2.05) is 27.7 Å². The average Bonchev–Trinajstić information content (AvgIpc) is 2.28. The van der Waals surface area contributed by atoms with Gasteiger partial charge in [0, 0.05) is 18.7 Å². The van der Waals surface area contributed by atoms with Crippen molar-refractivity contribution < 1.29 is 14.6 Å². The van der Waals surface area contributed by atoms with Gasteiger partial charge in [-0.25, -0.2) is 4.79 Å². The van der Waals surface area contributed by atoms with Crippen LogP contribution >= 0.6 is 0 Å². The summed E-state index contributed by atoms with van der Waals surface area (Å²) in [7, 11) is 0. The number of hydrogen-bond donors (Lipinski definition) is 1. The maximum atomic E-state index is 12.1. The van der Waals surface area contributed by atoms with Gasteiger partial charge in [0.1, 0.15) is 11.4 Å². The molecule has 2 rings (SSSR count). The molecule has 1 aromatic rings. The van der Waals surface area contributed by atoms with E-state index in [0.29, 0.717) is 13.0 Å². The molecular weight excluding hydrogens is 244 g/mol. The van der Waals surface area contributed by atoms with Gasteiger partial charge in [-0.15, -0.1) is 0 Å². The Morgan fingerprint density at radius 3 is 2.84 bits per heavy atom. The molecule has 0 bridgehead atoms. The van der Waals surface area contributed by atoms with Crippen LogP contribution in [0.3, 0.4) is 0 Å². The van der Waals surface area contributed by atoms with Crippen molar-refractivity contribution in [3.8, 4) is 5.75 Å². The molecule has 0 fully saturated rings. The van der Waals surface area contributed by atoms with Crippen LogP contribution in [0.15, 0.2) is 12.3 Å². The fraction of sp³-hybridized carbons (Fsp3) is 0.571. The monoisotopic (exact) mass is 264 g/mol. The molecule has 5 heteroatoms. The Labute approximate surface area is 113 Å². The van der Waals surface area contributed by atoms with E-state index in [-0.39, 0.29) is 17.9 Å². The molecule has 0 radical (unpaired) electrons. The molecule has 1 aromatic heterocycles. The third-order valence-electron chi connectivity index (χ3n) is 3.12. The van der Waals surface area contributed by atoms with Gasteiger partial charge in [0.25, 0.3) is 0 Å². The van der Waals surface area contributed by atoms with Gasteiger partial charge < -0.3 is 14.7 Å². The lowest BCUT2D eigenvalue weighted by atomic mass is 9.98. The second-order valence-corrected chi connectivity index (χ2v) is 5.83. The summed E-state index contributed by atoms with van der Waals surface area (Å²) in [6, 6.07) is 1.53. The van der Waals surface area contributed by atoms with Crippen molar-refractivity contribution in [2.24, 2.45) is 0 Å². The van der Waals surface area contributed by atoms with Crippen LogP contribution in [0.2, 0.25) is 0 Å². The summed E-state index contributed by atoms with van der Waals surface area (Å²) < 4.78 is 5.40. The molecule has 0 saturated carbocycles. The highest BCUT2D eigenvalue weighted by Crippen LogP contribution is 2.31. The second-order valence-electron chi connectivity index (χ2n) is 5.83. The lowest BCUT2D eigenvalue weighted by Crippen LogP contribution is -2.42. The van der Waals surface area contributed by atoms with Crippen LogP contribution in [0.5, 0.6) is 5.75 Å². The van der Waals surface area contributed by atoms with Crippen LogP contribution in [0.1, 0.15) is 45.0 Å². The highest BCUT2D eigenvalue weighted by atomic mass is 16.6. The van der Waals surface area contributed by atoms with Gasteiger partial charge in [0.15, 0.2) is 0 Å². The lowest BCUT2D eigenvalue weighted by molar-refractivity contribution is 0.0157. The van der Waals surface area contributed by atoms with E-state index < -0.39 is 5.60 Å². The Balaban J connectivity index is 2.21. The molecule has 0 saturated heterocycles. The van der Waals surface area contributed by atoms with Gasteiger partial charge in [-0.1, -0.05) is 0 Å². The number of carbonyl (C=O) groups is 1. The molecule has 5 nitrogen and oxygen atoms in total. The molecule has 2 heterocycles. The summed E-state index contributed by atoms with van der Waals surface area (Å²) >= 11 is 0. The van der Waals surface area contributed by atoms with E-state index in [1.165, 1.54) is 6.20 Å². The molecule has 1 amide bonds. The number of aromatic hydroxyl groups is 1. The van der Waals surface area contributed by atoms with Gasteiger partial charge in [0.2, 0.25) is 0 Å². The smallest absolute Gasteiger partial charge is 0.410 e. The first kappa shape index (κ1) is 13.6. The molecular formula is C14H20N2O3. The van der Waals surface area contributed by atoms with Crippen molar-refractivity contribution in [3.05, 3.63) is 23.5 Å². The first-order valence-electron chi connectivity index (χ1n) is 6.45. The van der Waals surface area contributed by atoms with Gasteiger partial charge in [-0.2, -0.15) is 0 Å². The number of carbonyl (C=O) groups excluding carboxylic acids is 1. The van der Waals surface area contributed by atoms with Crippen LogP contribution in [-0.4, -0.2) is 33.2 Å². The Kier molecular flexibility index (Phi) is 3.39. The van der Waals surface area contributed by atoms with E-state index in [9.17, 15) is 9.90 Å². The molecule has 0 aliphatic carbocycles. The predicted molar refractivity (Wildman–Crippen MR) is 71.0 cm³/mol. The molecule has 1 N–H and O–H groups in total. The molecule has 1 unspecified atom stereocenters. The first-order chi connectivity index (χ1) is 8.78. The molecule has 1 aliphatic heterocycles. The van der Waals surface area contributed by atoms with Gasteiger partial charge in [-0.3, -0.25) is 4.98 Å². The van der Waals surface area contributed by atoms with Gasteiger partial charge in [-0.05, 0) is 39.3 Å². The molecule has 1 aliphatic rings. The summed E-state index contributed by atoms with van der Waals surface area (Å²) in [4.78, 5) is 18.0. The fourth-order valence-electron chi connectivity index (χ4n) is 2.23. The zero-order valence-electron chi connectivity index (χ0n) is 11.8. The van der Waals surface area contributed by atoms with E-state index in [1.54, 1.807) is 11.0 Å². The number of hydrogen-bond acceptors (Lipinski definition) is 4. The van der Waals surface area contributed by atoms with Gasteiger partial charge >= 0.3 is 6.09 Å². The summed E-state index contributed by atoms with van der Waals surface area (Å²) in [5.74, 6) is 0.122. The van der Waals surface area contributed by atoms with Crippen LogP contribution in [0.4, 0.5) is 4.79 Å². The van der Waals surface area contributed by atoms with E-state index in [4.69, 9.17) is 4.74 Å². The van der Waals surface area contributed by atoms with Crippen LogP contribution < -0.4 is 0 Å². The molecule has 19 heavy (non-hydrogen) atoms. The average molecular weight is 264 g/mol. The van der Waals surface area contributed by atoms with E-state index in [0.717, 1.165) is 11.3 Å². The normalized spacial score (nSPS) is 18.9. The van der Waals surface area contributed by atoms with Crippen molar-refractivity contribution in [1.29, 1.82) is 0 Å². The first-order valence-corrected chi connectivity index (χ1v) is 6.45. The summed E-state index contributed by atoms with van der Waals surface area (Å²) in [6.45, 7) is 8.05. The Bertz CT molecular complexity index is 494. The summed E-state index contributed by atoms with van der Waals surface area (Å²) in [5.41, 5.74) is 1.32. The van der Waals surface area contributed by atoms with Crippen LogP contribution in [0.25, 0.3) is 0 Å². The SMILES string of the molecule is CC1c2cc(O)cnc2CCN1C(=O)OC(C)(C)C. The highest BCUT2D eigenvalue weighted by molar-refractivity contribution is 5.69. The van der Waals surface area contributed by atoms with Crippen molar-refractivity contribution >= 4 is 6.09 Å². The van der Waals surface area contributed by atoms with Crippen LogP contribution in [-0.2, 0) is 11.2 Å². The zero-order valence-corrected chi connectivity index (χ0v) is 11.8. The summed E-state index contributed by atoms with van der Waals surface area (Å²) in [6.07, 6.45) is 1.79. The predicted octanol–water partition coefficient (Wildman–Crippen LogP) is 2.64. The third kappa shape index (κ3) is 2.97. The number of amides is 1. The second kappa shape index (κ2) is 4.72. The third-order valence-corrected chi connectivity index (χ3v) is 3.12. The minimum atomic E-state index is -0.506. The number of rotatable bonds is 0. The highest BCUT2D eigenvalue weighted by Gasteiger charge is 2.31. The summed E-state index contributed by atoms with van der Waals surface area (Å²) in [5, 5.41) is 9.52. The lowest BCUT2D eigenvalue weighted by Gasteiger charge is -2.35. The topological polar surface area (TPSA) is 62.7 Å². The van der Waals surface area contributed by atoms with Crippen molar-refractivity contribution in [2.45, 2.75) is 45.8 Å². The van der Waals surface area contributed by atoms with Crippen molar-refractivity contribution in [2.75, 3.05) is 6.54 Å². The zero-order chi connectivity index (χ0) is 14.2. The van der Waals surface area contributed by atoms with Gasteiger partial charge in [0.05, 0.1) is 12.2 Å². The Morgan fingerprint density at radius 1 is 1.53 bits per heavy atom. The number of nitrogens with zero attached hydrogens (tertiary/aromatic N) is 2. The number of aromatic nitrogens is 1. The van der Waals surface area contributed by atoms with E-state index >= 15 is 0 Å². The quantitative estimate of drug-likeness (QED) is 0.782. The fourth-order valence-corrected chi connectivity index (χ4v) is 2.23. The van der Waals surface area contributed by atoms with Crippen molar-refractivity contribution in [1.82, 2.24) is 9.88 Å². The Morgan fingerprint density at radius 2 is 2.21 bits per heavy atom. The number of pyridine rings is 1. The number of fused-ring (bicyclic) bond motifs is 1. The number of ether oxygens (including phenoxy) is 1. The maximum absolute atomic E-state index is 12.1. The molecule has 1 atom stereocenters. The van der Waals surface area contributed by atoms with Crippen molar-refractivity contribution in [3.63, 3.8) is 0 Å². The Hall–Kier alpha value is -1.78. The molecule has 0 aromatic carbocycles. The maximum Gasteiger partial charge on any atom is 0.410 e. The minimum absolute atomic E-state index is 0.122. The standard InChI is InChI=1S/C14H20N2O3/c1-9-11-7-10(17)8-15-12(11)5-6-16(9)13(18)19-14(2,3)4/h7-9,17H,5-6H2,1-4H3. The van der Waals surface area contributed by atoms with Crippen LogP contribution in [0, 0.1) is 0 Å². The largest absolute Gasteiger partial charge is 0.506 e. The van der Waals surface area contributed by atoms with E-state index in [2.05, 4.69) is 4.98 Å². The molecule has 104 valence electrons. The minimum Gasteiger partial charge on any atom is -0.506 e. The molecule has 0 spiro atoms.